The van der Waals surface area contributed by atoms with Crippen molar-refractivity contribution < 1.29 is 23.4 Å². The zero-order chi connectivity index (χ0) is 20.4. The van der Waals surface area contributed by atoms with E-state index in [0.29, 0.717) is 36.9 Å². The van der Waals surface area contributed by atoms with Crippen molar-refractivity contribution in [3.8, 4) is 17.2 Å². The van der Waals surface area contributed by atoms with Crippen LogP contribution in [-0.2, 0) is 0 Å². The van der Waals surface area contributed by atoms with Crippen molar-refractivity contribution in [3.63, 3.8) is 0 Å². The van der Waals surface area contributed by atoms with Gasteiger partial charge in [-0.05, 0) is 42.2 Å². The molecule has 0 bridgehead atoms. The molecule has 0 unspecified atom stereocenters. The average Bonchev–Trinajstić information content (AvgIpc) is 3.20. The fourth-order valence-corrected chi connectivity index (χ4v) is 3.98. The molecule has 154 valence electrons. The molecule has 2 aromatic rings. The molecule has 2 heterocycles. The number of carbonyl (C=O) groups is 1. The number of amides is 2. The zero-order valence-electron chi connectivity index (χ0n) is 16.6. The van der Waals surface area contributed by atoms with Crippen molar-refractivity contribution in [1.82, 2.24) is 9.80 Å². The lowest BCUT2D eigenvalue weighted by Crippen LogP contribution is -2.48. The summed E-state index contributed by atoms with van der Waals surface area (Å²) in [6.45, 7) is 1.91. The van der Waals surface area contributed by atoms with Crippen molar-refractivity contribution in [2.45, 2.75) is 12.3 Å². The molecule has 1 saturated heterocycles. The molecule has 29 heavy (non-hydrogen) atoms. The van der Waals surface area contributed by atoms with E-state index in [1.807, 2.05) is 35.2 Å². The van der Waals surface area contributed by atoms with Gasteiger partial charge in [-0.25, -0.2) is 9.18 Å². The van der Waals surface area contributed by atoms with E-state index < -0.39 is 0 Å². The minimum absolute atomic E-state index is 0.00404. The quantitative estimate of drug-likeness (QED) is 0.785. The van der Waals surface area contributed by atoms with Crippen LogP contribution in [0.4, 0.5) is 9.18 Å². The van der Waals surface area contributed by atoms with Gasteiger partial charge in [-0.3, -0.25) is 0 Å². The van der Waals surface area contributed by atoms with Gasteiger partial charge in [0.1, 0.15) is 11.6 Å². The molecule has 0 aromatic heterocycles. The lowest BCUT2D eigenvalue weighted by atomic mass is 9.81. The van der Waals surface area contributed by atoms with Crippen molar-refractivity contribution in [2.24, 2.45) is 5.92 Å². The summed E-state index contributed by atoms with van der Waals surface area (Å²) in [7, 11) is 3.51. The predicted octanol–water partition coefficient (Wildman–Crippen LogP) is 3.72. The Labute approximate surface area is 169 Å². The average molecular weight is 400 g/mol. The van der Waals surface area contributed by atoms with Crippen LogP contribution in [0.25, 0.3) is 0 Å². The molecule has 2 aliphatic rings. The number of hydrogen-bond donors (Lipinski definition) is 0. The highest BCUT2D eigenvalue weighted by Gasteiger charge is 2.33. The zero-order valence-corrected chi connectivity index (χ0v) is 16.6. The summed E-state index contributed by atoms with van der Waals surface area (Å²) in [5.41, 5.74) is 1.07. The number of nitrogens with zero attached hydrogens (tertiary/aromatic N) is 2. The normalized spacial score (nSPS) is 20.4. The molecule has 1 fully saturated rings. The molecule has 0 radical (unpaired) electrons. The lowest BCUT2D eigenvalue weighted by molar-refractivity contribution is 0.109. The number of urea groups is 1. The highest BCUT2D eigenvalue weighted by molar-refractivity contribution is 5.74. The number of carbonyl (C=O) groups excluding carboxylic acids is 1. The third kappa shape index (κ3) is 4.23. The number of rotatable bonds is 4. The molecule has 0 spiro atoms. The second-order valence-corrected chi connectivity index (χ2v) is 7.66. The minimum atomic E-state index is -0.248. The second-order valence-electron chi connectivity index (χ2n) is 7.66. The highest BCUT2D eigenvalue weighted by Crippen LogP contribution is 2.37. The van der Waals surface area contributed by atoms with Crippen LogP contribution in [0.5, 0.6) is 17.2 Å². The molecular formula is C22H25FN2O4. The third-order valence-electron chi connectivity index (χ3n) is 5.49. The third-order valence-corrected chi connectivity index (χ3v) is 5.49. The van der Waals surface area contributed by atoms with Gasteiger partial charge in [0.25, 0.3) is 0 Å². The molecule has 2 aliphatic heterocycles. The van der Waals surface area contributed by atoms with Crippen LogP contribution < -0.4 is 14.2 Å². The fourth-order valence-electron chi connectivity index (χ4n) is 3.98. The van der Waals surface area contributed by atoms with E-state index in [4.69, 9.17) is 14.2 Å². The van der Waals surface area contributed by atoms with E-state index in [1.165, 1.54) is 12.1 Å². The molecular weight excluding hydrogens is 375 g/mol. The van der Waals surface area contributed by atoms with Crippen LogP contribution in [0.15, 0.2) is 42.5 Å². The molecule has 4 rings (SSSR count). The van der Waals surface area contributed by atoms with Crippen LogP contribution in [0, 0.1) is 11.7 Å². The Hall–Kier alpha value is -2.96. The monoisotopic (exact) mass is 400 g/mol. The van der Waals surface area contributed by atoms with Crippen LogP contribution >= 0.6 is 0 Å². The SMILES string of the molecule is CN(C)C(=O)N1CC[C@H](c2ccc(F)cc2)[C@H](COc2ccc3c(c2)OCO3)C1. The topological polar surface area (TPSA) is 51.2 Å². The van der Waals surface area contributed by atoms with E-state index in [-0.39, 0.29) is 30.5 Å². The fraction of sp³-hybridized carbons (Fsp3) is 0.409. The minimum Gasteiger partial charge on any atom is -0.493 e. The van der Waals surface area contributed by atoms with Gasteiger partial charge in [0, 0.05) is 39.2 Å². The van der Waals surface area contributed by atoms with Crippen molar-refractivity contribution in [3.05, 3.63) is 53.8 Å². The first-order valence-corrected chi connectivity index (χ1v) is 9.75. The van der Waals surface area contributed by atoms with Gasteiger partial charge in [-0.1, -0.05) is 12.1 Å². The van der Waals surface area contributed by atoms with Gasteiger partial charge in [0.05, 0.1) is 6.61 Å². The maximum Gasteiger partial charge on any atom is 0.319 e. The van der Waals surface area contributed by atoms with Crippen molar-refractivity contribution in [2.75, 3.05) is 40.6 Å². The van der Waals surface area contributed by atoms with E-state index >= 15 is 0 Å². The molecule has 2 amide bonds. The summed E-state index contributed by atoms with van der Waals surface area (Å²) in [5.74, 6) is 2.11. The van der Waals surface area contributed by atoms with Crippen molar-refractivity contribution in [1.29, 1.82) is 0 Å². The van der Waals surface area contributed by atoms with Gasteiger partial charge in [-0.15, -0.1) is 0 Å². The Balaban J connectivity index is 1.50. The van der Waals surface area contributed by atoms with Crippen LogP contribution in [0.3, 0.4) is 0 Å². The van der Waals surface area contributed by atoms with Crippen molar-refractivity contribution >= 4 is 6.03 Å². The molecule has 0 aliphatic carbocycles. The largest absolute Gasteiger partial charge is 0.493 e. The number of fused-ring (bicyclic) bond motifs is 1. The number of benzene rings is 2. The smallest absolute Gasteiger partial charge is 0.319 e. The Morgan fingerprint density at radius 2 is 1.93 bits per heavy atom. The Kier molecular flexibility index (Phi) is 5.47. The Bertz CT molecular complexity index is 872. The molecule has 0 N–H and O–H groups in total. The van der Waals surface area contributed by atoms with E-state index in [0.717, 1.165) is 12.0 Å². The maximum atomic E-state index is 13.4. The summed E-state index contributed by atoms with van der Waals surface area (Å²) in [6, 6.07) is 12.1. The number of halogens is 1. The van der Waals surface area contributed by atoms with Gasteiger partial charge >= 0.3 is 6.03 Å². The summed E-state index contributed by atoms with van der Waals surface area (Å²) < 4.78 is 30.2. The van der Waals surface area contributed by atoms with Crippen LogP contribution in [0.2, 0.25) is 0 Å². The molecule has 6 nitrogen and oxygen atoms in total. The van der Waals surface area contributed by atoms with Gasteiger partial charge in [0.2, 0.25) is 6.79 Å². The van der Waals surface area contributed by atoms with Gasteiger partial charge < -0.3 is 24.0 Å². The number of likely N-dealkylation sites (tertiary alicyclic amines) is 1. The molecule has 2 atom stereocenters. The number of ether oxygens (including phenoxy) is 3. The first-order valence-electron chi connectivity index (χ1n) is 9.75. The predicted molar refractivity (Wildman–Crippen MR) is 106 cm³/mol. The lowest BCUT2D eigenvalue weighted by Gasteiger charge is -2.39. The van der Waals surface area contributed by atoms with Crippen LogP contribution in [0.1, 0.15) is 17.9 Å². The summed E-state index contributed by atoms with van der Waals surface area (Å²) in [4.78, 5) is 15.9. The standard InChI is InChI=1S/C22H25FN2O4/c1-24(2)22(26)25-10-9-19(15-3-5-17(23)6-4-15)16(12-25)13-27-18-7-8-20-21(11-18)29-14-28-20/h3-8,11,16,19H,9-10,12-14H2,1-2H3/t16-,19+/m0/s1. The first-order chi connectivity index (χ1) is 14.0. The van der Waals surface area contributed by atoms with Gasteiger partial charge in [0.15, 0.2) is 11.5 Å². The van der Waals surface area contributed by atoms with E-state index in [2.05, 4.69) is 0 Å². The molecule has 0 saturated carbocycles. The summed E-state index contributed by atoms with van der Waals surface area (Å²) >= 11 is 0. The molecule has 7 heteroatoms. The maximum absolute atomic E-state index is 13.4. The Morgan fingerprint density at radius 3 is 2.69 bits per heavy atom. The van der Waals surface area contributed by atoms with E-state index in [9.17, 15) is 9.18 Å². The number of hydrogen-bond acceptors (Lipinski definition) is 4. The summed E-state index contributed by atoms with van der Waals surface area (Å²) in [5, 5.41) is 0. The summed E-state index contributed by atoms with van der Waals surface area (Å²) in [6.07, 6.45) is 0.806. The number of piperidine rings is 1. The van der Waals surface area contributed by atoms with Gasteiger partial charge in [-0.2, -0.15) is 0 Å². The highest BCUT2D eigenvalue weighted by atomic mass is 19.1. The van der Waals surface area contributed by atoms with E-state index in [1.54, 1.807) is 19.0 Å². The first kappa shape index (κ1) is 19.4. The van der Waals surface area contributed by atoms with Crippen LogP contribution in [-0.4, -0.2) is 56.4 Å². The molecule has 2 aromatic carbocycles. The Morgan fingerprint density at radius 1 is 1.17 bits per heavy atom. The second kappa shape index (κ2) is 8.19.